The molecule has 0 spiro atoms. The lowest BCUT2D eigenvalue weighted by atomic mass is 10.1. The average molecular weight is 541 g/mol. The second-order valence-electron chi connectivity index (χ2n) is 9.74. The number of carboxylic acid groups (broad SMARTS) is 1. The number of anilines is 3. The molecule has 2 aliphatic rings. The van der Waals surface area contributed by atoms with Gasteiger partial charge in [0.05, 0.1) is 36.4 Å². The molecule has 38 heavy (non-hydrogen) atoms. The first-order valence-corrected chi connectivity index (χ1v) is 13.0. The summed E-state index contributed by atoms with van der Waals surface area (Å²) < 4.78 is 19.2. The van der Waals surface area contributed by atoms with Gasteiger partial charge >= 0.3 is 5.97 Å². The van der Waals surface area contributed by atoms with Gasteiger partial charge in [0.15, 0.2) is 0 Å². The van der Waals surface area contributed by atoms with Gasteiger partial charge in [-0.2, -0.15) is 4.98 Å². The molecule has 200 valence electrons. The molecule has 0 radical (unpaired) electrons. The lowest BCUT2D eigenvalue weighted by Gasteiger charge is -2.42. The molecule has 1 aromatic carbocycles. The zero-order valence-corrected chi connectivity index (χ0v) is 22.1. The zero-order chi connectivity index (χ0) is 26.8. The fraction of sp³-hybridized carbons (Fsp3) is 0.407. The maximum Gasteiger partial charge on any atom is 0.307 e. The number of benzene rings is 1. The van der Waals surface area contributed by atoms with Gasteiger partial charge in [0.1, 0.15) is 17.5 Å². The first kappa shape index (κ1) is 26.1. The summed E-state index contributed by atoms with van der Waals surface area (Å²) in [4.78, 5) is 31.8. The molecule has 3 aromatic rings. The highest BCUT2D eigenvalue weighted by Crippen LogP contribution is 2.31. The van der Waals surface area contributed by atoms with E-state index < -0.39 is 5.97 Å². The number of morpholine rings is 1. The van der Waals surface area contributed by atoms with E-state index in [1.807, 2.05) is 6.07 Å². The van der Waals surface area contributed by atoms with E-state index in [0.29, 0.717) is 61.7 Å². The molecule has 4 heterocycles. The first-order chi connectivity index (χ1) is 18.3. The summed E-state index contributed by atoms with van der Waals surface area (Å²) in [6.07, 6.45) is 1.45. The van der Waals surface area contributed by atoms with E-state index in [4.69, 9.17) is 31.4 Å². The van der Waals surface area contributed by atoms with Crippen LogP contribution < -0.4 is 14.7 Å². The van der Waals surface area contributed by atoms with Crippen molar-refractivity contribution < 1.29 is 19.0 Å². The third-order valence-electron chi connectivity index (χ3n) is 6.92. The Kier molecular flexibility index (Phi) is 7.62. The summed E-state index contributed by atoms with van der Waals surface area (Å²) in [5, 5.41) is 9.49. The Morgan fingerprint density at radius 2 is 1.89 bits per heavy atom. The van der Waals surface area contributed by atoms with Crippen molar-refractivity contribution in [3.63, 3.8) is 0 Å². The SMILES string of the molecule is CC1CN(c2ncc(CC(=O)O)cc2Cl)CCN1c1cc(-c2ccc(F)cc2)nc(N2CCOCC2C)n1. The number of piperazine rings is 1. The number of carbonyl (C=O) groups is 1. The highest BCUT2D eigenvalue weighted by Gasteiger charge is 2.29. The molecule has 2 aromatic heterocycles. The minimum absolute atomic E-state index is 0.0752. The van der Waals surface area contributed by atoms with Crippen molar-refractivity contribution in [1.82, 2.24) is 15.0 Å². The Hall–Kier alpha value is -3.50. The number of aliphatic carboxylic acids is 1. The quantitative estimate of drug-likeness (QED) is 0.499. The summed E-state index contributed by atoms with van der Waals surface area (Å²) in [6, 6.07) is 10.2. The van der Waals surface area contributed by atoms with Crippen molar-refractivity contribution in [3.05, 3.63) is 59.0 Å². The molecular weight excluding hydrogens is 511 g/mol. The fourth-order valence-corrected chi connectivity index (χ4v) is 5.26. The van der Waals surface area contributed by atoms with E-state index in [0.717, 1.165) is 17.1 Å². The molecule has 2 aliphatic heterocycles. The number of ether oxygens (including phenoxy) is 1. The van der Waals surface area contributed by atoms with Crippen molar-refractivity contribution in [2.24, 2.45) is 0 Å². The normalized spacial score (nSPS) is 20.1. The van der Waals surface area contributed by atoms with Crippen LogP contribution in [0.1, 0.15) is 19.4 Å². The minimum atomic E-state index is -0.923. The van der Waals surface area contributed by atoms with Gasteiger partial charge in [-0.15, -0.1) is 0 Å². The van der Waals surface area contributed by atoms with Crippen LogP contribution in [0.25, 0.3) is 11.3 Å². The molecule has 11 heteroatoms. The summed E-state index contributed by atoms with van der Waals surface area (Å²) in [6.45, 7) is 8.11. The van der Waals surface area contributed by atoms with E-state index in [2.05, 4.69) is 33.5 Å². The van der Waals surface area contributed by atoms with E-state index in [9.17, 15) is 9.18 Å². The van der Waals surface area contributed by atoms with E-state index in [1.54, 1.807) is 24.4 Å². The second-order valence-corrected chi connectivity index (χ2v) is 10.2. The lowest BCUT2D eigenvalue weighted by molar-refractivity contribution is -0.136. The first-order valence-electron chi connectivity index (χ1n) is 12.7. The monoisotopic (exact) mass is 540 g/mol. The highest BCUT2D eigenvalue weighted by atomic mass is 35.5. The van der Waals surface area contributed by atoms with Gasteiger partial charge in [-0.25, -0.2) is 14.4 Å². The molecule has 2 unspecified atom stereocenters. The molecule has 2 fully saturated rings. The van der Waals surface area contributed by atoms with Gasteiger partial charge in [0.25, 0.3) is 0 Å². The van der Waals surface area contributed by atoms with Gasteiger partial charge in [-0.05, 0) is 49.7 Å². The largest absolute Gasteiger partial charge is 0.481 e. The van der Waals surface area contributed by atoms with Crippen LogP contribution in [0.5, 0.6) is 0 Å². The van der Waals surface area contributed by atoms with Crippen LogP contribution in [0.3, 0.4) is 0 Å². The maximum absolute atomic E-state index is 13.6. The van der Waals surface area contributed by atoms with E-state index >= 15 is 0 Å². The zero-order valence-electron chi connectivity index (χ0n) is 21.3. The van der Waals surface area contributed by atoms with Crippen molar-refractivity contribution in [2.75, 3.05) is 54.1 Å². The molecule has 0 bridgehead atoms. The number of rotatable bonds is 6. The molecule has 5 rings (SSSR count). The van der Waals surface area contributed by atoms with Crippen molar-refractivity contribution in [2.45, 2.75) is 32.4 Å². The van der Waals surface area contributed by atoms with Crippen LogP contribution in [0.4, 0.5) is 22.0 Å². The third kappa shape index (κ3) is 5.66. The Morgan fingerprint density at radius 1 is 1.11 bits per heavy atom. The third-order valence-corrected chi connectivity index (χ3v) is 7.20. The van der Waals surface area contributed by atoms with Crippen LogP contribution in [-0.4, -0.2) is 77.5 Å². The van der Waals surface area contributed by atoms with Crippen LogP contribution >= 0.6 is 11.6 Å². The molecule has 0 amide bonds. The fourth-order valence-electron chi connectivity index (χ4n) is 4.96. The smallest absolute Gasteiger partial charge is 0.307 e. The number of hydrogen-bond acceptors (Lipinski definition) is 8. The second kappa shape index (κ2) is 11.1. The Bertz CT molecular complexity index is 1310. The van der Waals surface area contributed by atoms with Gasteiger partial charge in [-0.3, -0.25) is 4.79 Å². The summed E-state index contributed by atoms with van der Waals surface area (Å²) in [7, 11) is 0. The van der Waals surface area contributed by atoms with Crippen LogP contribution in [0, 0.1) is 5.82 Å². The summed E-state index contributed by atoms with van der Waals surface area (Å²) >= 11 is 6.49. The van der Waals surface area contributed by atoms with Crippen molar-refractivity contribution in [3.8, 4) is 11.3 Å². The molecule has 0 aliphatic carbocycles. The highest BCUT2D eigenvalue weighted by molar-refractivity contribution is 6.33. The lowest BCUT2D eigenvalue weighted by Crippen LogP contribution is -2.53. The Morgan fingerprint density at radius 3 is 2.58 bits per heavy atom. The molecular formula is C27H30ClFN6O3. The molecule has 1 N–H and O–H groups in total. The predicted octanol–water partition coefficient (Wildman–Crippen LogP) is 3.90. The number of pyridine rings is 1. The number of hydrogen-bond donors (Lipinski definition) is 1. The summed E-state index contributed by atoms with van der Waals surface area (Å²) in [5.74, 6) is 0.860. The summed E-state index contributed by atoms with van der Waals surface area (Å²) in [5.41, 5.74) is 2.12. The predicted molar refractivity (Wildman–Crippen MR) is 145 cm³/mol. The molecule has 2 atom stereocenters. The van der Waals surface area contributed by atoms with Gasteiger partial charge in [0, 0.05) is 50.0 Å². The average Bonchev–Trinajstić information content (AvgIpc) is 2.89. The molecule has 2 saturated heterocycles. The van der Waals surface area contributed by atoms with Crippen molar-refractivity contribution in [1.29, 1.82) is 0 Å². The minimum Gasteiger partial charge on any atom is -0.481 e. The maximum atomic E-state index is 13.6. The van der Waals surface area contributed by atoms with Gasteiger partial charge in [-0.1, -0.05) is 11.6 Å². The van der Waals surface area contributed by atoms with E-state index in [-0.39, 0.29) is 24.3 Å². The molecule has 9 nitrogen and oxygen atoms in total. The van der Waals surface area contributed by atoms with Gasteiger partial charge in [0.2, 0.25) is 5.95 Å². The number of carboxylic acids is 1. The van der Waals surface area contributed by atoms with Gasteiger partial charge < -0.3 is 24.5 Å². The standard InChI is InChI=1S/C27H30ClFN6O3/c1-17-15-33(26-22(28)11-19(14-30-26)12-25(36)37)7-8-34(17)24-13-23(20-3-5-21(29)6-4-20)31-27(32-24)35-9-10-38-16-18(35)2/h3-6,11,13-14,17-18H,7-10,12,15-16H2,1-2H3,(H,36,37). The Labute approximate surface area is 225 Å². The van der Waals surface area contributed by atoms with E-state index in [1.165, 1.54) is 12.1 Å². The molecule has 0 saturated carbocycles. The number of halogens is 2. The van der Waals surface area contributed by atoms with Crippen LogP contribution in [-0.2, 0) is 16.0 Å². The van der Waals surface area contributed by atoms with Crippen molar-refractivity contribution >= 4 is 35.2 Å². The Balaban J connectivity index is 1.42. The van der Waals surface area contributed by atoms with Crippen LogP contribution in [0.2, 0.25) is 5.02 Å². The van der Waals surface area contributed by atoms with Crippen LogP contribution in [0.15, 0.2) is 42.6 Å². The topological polar surface area (TPSA) is 94.9 Å². The number of nitrogens with zero attached hydrogens (tertiary/aromatic N) is 6. The number of aromatic nitrogens is 3.